The summed E-state index contributed by atoms with van der Waals surface area (Å²) in [5.74, 6) is -0.850. The Labute approximate surface area is 160 Å². The number of benzene rings is 2. The second kappa shape index (κ2) is 8.06. The molecule has 2 aromatic carbocycles. The van der Waals surface area contributed by atoms with Gasteiger partial charge in [-0.1, -0.05) is 29.3 Å². The molecule has 26 heavy (non-hydrogen) atoms. The van der Waals surface area contributed by atoms with Crippen molar-refractivity contribution in [1.29, 1.82) is 0 Å². The van der Waals surface area contributed by atoms with E-state index < -0.39 is 5.82 Å². The third kappa shape index (κ3) is 4.34. The lowest BCUT2D eigenvalue weighted by molar-refractivity contribution is 0.0697. The quantitative estimate of drug-likeness (QED) is 0.848. The molecule has 1 N–H and O–H groups in total. The lowest BCUT2D eigenvalue weighted by Crippen LogP contribution is -2.46. The fraction of sp³-hybridized carbons (Fsp3) is 0.263. The van der Waals surface area contributed by atoms with Gasteiger partial charge in [-0.15, -0.1) is 0 Å². The van der Waals surface area contributed by atoms with Crippen molar-refractivity contribution in [3.05, 3.63) is 69.5 Å². The van der Waals surface area contributed by atoms with Crippen LogP contribution in [0.15, 0.2) is 42.5 Å². The Hall–Kier alpha value is -2.11. The van der Waals surface area contributed by atoms with Crippen LogP contribution in [-0.2, 0) is 0 Å². The van der Waals surface area contributed by atoms with Crippen molar-refractivity contribution in [3.8, 4) is 0 Å². The Bertz CT molecular complexity index is 836. The average molecular weight is 395 g/mol. The SMILES string of the molecule is O=C(NC1CCN(C(=O)c2cccc(F)c2)CC1)c1ccc(Cl)c(Cl)c1. The highest BCUT2D eigenvalue weighted by Gasteiger charge is 2.25. The van der Waals surface area contributed by atoms with Gasteiger partial charge in [-0.3, -0.25) is 9.59 Å². The number of nitrogens with zero attached hydrogens (tertiary/aromatic N) is 1. The van der Waals surface area contributed by atoms with Gasteiger partial charge in [-0.2, -0.15) is 0 Å². The van der Waals surface area contributed by atoms with E-state index in [9.17, 15) is 14.0 Å². The molecule has 3 rings (SSSR count). The molecule has 0 aliphatic carbocycles. The molecule has 0 bridgehead atoms. The molecule has 0 saturated carbocycles. The normalized spacial score (nSPS) is 15.0. The lowest BCUT2D eigenvalue weighted by Gasteiger charge is -2.32. The molecular formula is C19H17Cl2FN2O2. The van der Waals surface area contributed by atoms with Gasteiger partial charge in [0.15, 0.2) is 0 Å². The van der Waals surface area contributed by atoms with E-state index in [0.717, 1.165) is 0 Å². The first kappa shape index (κ1) is 18.7. The second-order valence-corrected chi connectivity index (χ2v) is 6.99. The van der Waals surface area contributed by atoms with Gasteiger partial charge in [0.2, 0.25) is 0 Å². The maximum absolute atomic E-state index is 13.3. The fourth-order valence-electron chi connectivity index (χ4n) is 2.94. The molecule has 2 amide bonds. The van der Waals surface area contributed by atoms with E-state index in [0.29, 0.717) is 47.1 Å². The highest BCUT2D eigenvalue weighted by molar-refractivity contribution is 6.42. The number of halogens is 3. The molecule has 1 aliphatic heterocycles. The number of amides is 2. The van der Waals surface area contributed by atoms with Crippen LogP contribution in [0.25, 0.3) is 0 Å². The van der Waals surface area contributed by atoms with Crippen LogP contribution in [0.4, 0.5) is 4.39 Å². The van der Waals surface area contributed by atoms with Gasteiger partial charge >= 0.3 is 0 Å². The van der Waals surface area contributed by atoms with E-state index in [2.05, 4.69) is 5.32 Å². The monoisotopic (exact) mass is 394 g/mol. The number of hydrogen-bond acceptors (Lipinski definition) is 2. The van der Waals surface area contributed by atoms with Crippen LogP contribution in [-0.4, -0.2) is 35.8 Å². The van der Waals surface area contributed by atoms with Crippen molar-refractivity contribution in [2.75, 3.05) is 13.1 Å². The number of likely N-dealkylation sites (tertiary alicyclic amines) is 1. The number of hydrogen-bond donors (Lipinski definition) is 1. The summed E-state index contributed by atoms with van der Waals surface area (Å²) in [6.45, 7) is 1.00. The fourth-order valence-corrected chi connectivity index (χ4v) is 3.24. The van der Waals surface area contributed by atoms with Crippen LogP contribution in [0.1, 0.15) is 33.6 Å². The molecule has 4 nitrogen and oxygen atoms in total. The van der Waals surface area contributed by atoms with E-state index >= 15 is 0 Å². The van der Waals surface area contributed by atoms with Gasteiger partial charge in [-0.05, 0) is 49.2 Å². The number of carbonyl (C=O) groups is 2. The first-order valence-electron chi connectivity index (χ1n) is 8.25. The molecule has 1 saturated heterocycles. The number of piperidine rings is 1. The van der Waals surface area contributed by atoms with E-state index in [1.165, 1.54) is 24.3 Å². The zero-order valence-electron chi connectivity index (χ0n) is 13.8. The third-order valence-electron chi connectivity index (χ3n) is 4.37. The van der Waals surface area contributed by atoms with Crippen molar-refractivity contribution >= 4 is 35.0 Å². The van der Waals surface area contributed by atoms with Crippen molar-refractivity contribution in [2.24, 2.45) is 0 Å². The molecule has 0 aromatic heterocycles. The van der Waals surface area contributed by atoms with Crippen LogP contribution in [0.3, 0.4) is 0 Å². The summed E-state index contributed by atoms with van der Waals surface area (Å²) in [4.78, 5) is 26.4. The Morgan fingerprint density at radius 3 is 2.38 bits per heavy atom. The van der Waals surface area contributed by atoms with Crippen LogP contribution in [0, 0.1) is 5.82 Å². The third-order valence-corrected chi connectivity index (χ3v) is 5.11. The number of rotatable bonds is 3. The maximum atomic E-state index is 13.3. The Morgan fingerprint density at radius 2 is 1.73 bits per heavy atom. The highest BCUT2D eigenvalue weighted by atomic mass is 35.5. The summed E-state index contributed by atoms with van der Waals surface area (Å²) in [7, 11) is 0. The summed E-state index contributed by atoms with van der Waals surface area (Å²) in [6.07, 6.45) is 1.27. The van der Waals surface area contributed by atoms with Crippen LogP contribution >= 0.6 is 23.2 Å². The Kier molecular flexibility index (Phi) is 5.79. The lowest BCUT2D eigenvalue weighted by atomic mass is 10.0. The van der Waals surface area contributed by atoms with E-state index in [1.807, 2.05) is 0 Å². The molecule has 0 unspecified atom stereocenters. The van der Waals surface area contributed by atoms with Crippen molar-refractivity contribution in [3.63, 3.8) is 0 Å². The van der Waals surface area contributed by atoms with Crippen molar-refractivity contribution in [2.45, 2.75) is 18.9 Å². The van der Waals surface area contributed by atoms with Crippen molar-refractivity contribution < 1.29 is 14.0 Å². The van der Waals surface area contributed by atoms with Crippen LogP contribution in [0.2, 0.25) is 10.0 Å². The molecule has 2 aromatic rings. The first-order valence-corrected chi connectivity index (χ1v) is 9.00. The maximum Gasteiger partial charge on any atom is 0.253 e. The molecule has 1 heterocycles. The standard InChI is InChI=1S/C19H17Cl2FN2O2/c20-16-5-4-12(11-17(16)21)18(25)23-15-6-8-24(9-7-15)19(26)13-2-1-3-14(22)10-13/h1-5,10-11,15H,6-9H2,(H,23,25). The van der Waals surface area contributed by atoms with Gasteiger partial charge in [-0.25, -0.2) is 4.39 Å². The van der Waals surface area contributed by atoms with Crippen LogP contribution < -0.4 is 5.32 Å². The summed E-state index contributed by atoms with van der Waals surface area (Å²) < 4.78 is 13.3. The summed E-state index contributed by atoms with van der Waals surface area (Å²) >= 11 is 11.8. The largest absolute Gasteiger partial charge is 0.349 e. The van der Waals surface area contributed by atoms with E-state index in [1.54, 1.807) is 23.1 Å². The zero-order valence-corrected chi connectivity index (χ0v) is 15.4. The summed E-state index contributed by atoms with van der Waals surface area (Å²) in [6, 6.07) is 10.4. The van der Waals surface area contributed by atoms with E-state index in [-0.39, 0.29) is 17.9 Å². The second-order valence-electron chi connectivity index (χ2n) is 6.18. The molecule has 0 radical (unpaired) electrons. The Morgan fingerprint density at radius 1 is 1.00 bits per heavy atom. The molecule has 136 valence electrons. The highest BCUT2D eigenvalue weighted by Crippen LogP contribution is 2.23. The van der Waals surface area contributed by atoms with Gasteiger partial charge < -0.3 is 10.2 Å². The smallest absolute Gasteiger partial charge is 0.253 e. The molecule has 1 aliphatic rings. The van der Waals surface area contributed by atoms with Gasteiger partial charge in [0.05, 0.1) is 10.0 Å². The predicted octanol–water partition coefficient (Wildman–Crippen LogP) is 4.17. The van der Waals surface area contributed by atoms with Crippen LogP contribution in [0.5, 0.6) is 0 Å². The predicted molar refractivity (Wildman–Crippen MR) is 99.3 cm³/mol. The minimum Gasteiger partial charge on any atom is -0.349 e. The topological polar surface area (TPSA) is 49.4 Å². The van der Waals surface area contributed by atoms with Gasteiger partial charge in [0.25, 0.3) is 11.8 Å². The minimum absolute atomic E-state index is 0.0338. The molecular weight excluding hydrogens is 378 g/mol. The van der Waals surface area contributed by atoms with E-state index in [4.69, 9.17) is 23.2 Å². The molecule has 0 atom stereocenters. The summed E-state index contributed by atoms with van der Waals surface area (Å²) in [5, 5.41) is 3.68. The van der Waals surface area contributed by atoms with Gasteiger partial charge in [0.1, 0.15) is 5.82 Å². The van der Waals surface area contributed by atoms with Gasteiger partial charge in [0, 0.05) is 30.3 Å². The average Bonchev–Trinajstić information content (AvgIpc) is 2.64. The molecule has 7 heteroatoms. The van der Waals surface area contributed by atoms with Crippen molar-refractivity contribution in [1.82, 2.24) is 10.2 Å². The number of carbonyl (C=O) groups excluding carboxylic acids is 2. The first-order chi connectivity index (χ1) is 12.4. The Balaban J connectivity index is 1.55. The summed E-state index contributed by atoms with van der Waals surface area (Å²) in [5.41, 5.74) is 0.779. The molecule has 0 spiro atoms. The zero-order chi connectivity index (χ0) is 18.7. The minimum atomic E-state index is -0.431. The molecule has 1 fully saturated rings. The number of nitrogens with one attached hydrogen (secondary N) is 1.